The molecule has 0 saturated carbocycles. The van der Waals surface area contributed by atoms with E-state index in [0.29, 0.717) is 10.6 Å². The number of hydrogen-bond donors (Lipinski definition) is 1. The van der Waals surface area contributed by atoms with Crippen molar-refractivity contribution < 1.29 is 22.0 Å². The number of nitrogens with one attached hydrogen (secondary N) is 1. The fourth-order valence-corrected chi connectivity index (χ4v) is 4.08. The number of aryl methyl sites for hydroxylation is 1. The van der Waals surface area contributed by atoms with Crippen molar-refractivity contribution in [3.63, 3.8) is 0 Å². The zero-order chi connectivity index (χ0) is 20.4. The minimum Gasteiger partial charge on any atom is -0.324 e. The molecular formula is C18H19ClF2N2O3S. The molecule has 0 aromatic heterocycles. The number of carbonyl (C=O) groups excluding carboxylic acids is 1. The molecule has 0 radical (unpaired) electrons. The lowest BCUT2D eigenvalue weighted by Crippen LogP contribution is -2.47. The molecule has 5 nitrogen and oxygen atoms in total. The predicted molar refractivity (Wildman–Crippen MR) is 103 cm³/mol. The number of anilines is 2. The number of carbonyl (C=O) groups is 1. The second kappa shape index (κ2) is 8.22. The molecule has 0 bridgehead atoms. The fraction of sp³-hybridized carbons (Fsp3) is 0.278. The molecule has 0 heterocycles. The third-order valence-corrected chi connectivity index (χ3v) is 5.33. The van der Waals surface area contributed by atoms with E-state index in [2.05, 4.69) is 5.32 Å². The average Bonchev–Trinajstić information content (AvgIpc) is 2.57. The molecule has 1 atom stereocenters. The van der Waals surface area contributed by atoms with Crippen molar-refractivity contribution in [1.82, 2.24) is 0 Å². The van der Waals surface area contributed by atoms with Gasteiger partial charge in [0, 0.05) is 16.8 Å². The Balaban J connectivity index is 2.44. The number of nitrogens with zero attached hydrogens (tertiary/aromatic N) is 1. The molecule has 0 fully saturated rings. The quantitative estimate of drug-likeness (QED) is 0.770. The SMILES string of the molecule is CC[C@@H](C(=O)Nc1ccc(F)c(F)c1)N(c1cc(Cl)ccc1C)S(C)(=O)=O. The second-order valence-electron chi connectivity index (χ2n) is 6.03. The van der Waals surface area contributed by atoms with Crippen LogP contribution in [0.2, 0.25) is 5.02 Å². The molecular weight excluding hydrogens is 398 g/mol. The van der Waals surface area contributed by atoms with Gasteiger partial charge in [-0.05, 0) is 43.2 Å². The average molecular weight is 417 g/mol. The summed E-state index contributed by atoms with van der Waals surface area (Å²) < 4.78 is 52.3. The highest BCUT2D eigenvalue weighted by Crippen LogP contribution is 2.29. The Hall–Kier alpha value is -2.19. The van der Waals surface area contributed by atoms with Gasteiger partial charge >= 0.3 is 0 Å². The van der Waals surface area contributed by atoms with Crippen LogP contribution >= 0.6 is 11.6 Å². The summed E-state index contributed by atoms with van der Waals surface area (Å²) in [5.74, 6) is -2.84. The van der Waals surface area contributed by atoms with Gasteiger partial charge in [0.25, 0.3) is 0 Å². The molecule has 0 aliphatic carbocycles. The summed E-state index contributed by atoms with van der Waals surface area (Å²) in [6.07, 6.45) is 1.13. The van der Waals surface area contributed by atoms with Crippen LogP contribution in [0.4, 0.5) is 20.2 Å². The summed E-state index contributed by atoms with van der Waals surface area (Å²) in [5.41, 5.74) is 0.912. The highest BCUT2D eigenvalue weighted by Gasteiger charge is 2.32. The van der Waals surface area contributed by atoms with Crippen LogP contribution in [0.3, 0.4) is 0 Å². The van der Waals surface area contributed by atoms with Gasteiger partial charge in [0.15, 0.2) is 11.6 Å². The van der Waals surface area contributed by atoms with E-state index in [1.165, 1.54) is 12.1 Å². The van der Waals surface area contributed by atoms with Crippen LogP contribution in [0.25, 0.3) is 0 Å². The minimum atomic E-state index is -3.84. The van der Waals surface area contributed by atoms with Gasteiger partial charge < -0.3 is 5.32 Å². The first-order valence-corrected chi connectivity index (χ1v) is 10.3. The lowest BCUT2D eigenvalue weighted by molar-refractivity contribution is -0.117. The van der Waals surface area contributed by atoms with Crippen LogP contribution in [0.1, 0.15) is 18.9 Å². The summed E-state index contributed by atoms with van der Waals surface area (Å²) in [7, 11) is -3.84. The molecule has 2 aromatic carbocycles. The zero-order valence-corrected chi connectivity index (χ0v) is 16.5. The number of rotatable bonds is 6. The molecule has 146 valence electrons. The lowest BCUT2D eigenvalue weighted by Gasteiger charge is -2.31. The molecule has 0 aliphatic rings. The number of hydrogen-bond acceptors (Lipinski definition) is 3. The van der Waals surface area contributed by atoms with Crippen LogP contribution in [0, 0.1) is 18.6 Å². The van der Waals surface area contributed by atoms with E-state index in [4.69, 9.17) is 11.6 Å². The van der Waals surface area contributed by atoms with Crippen molar-refractivity contribution in [3.8, 4) is 0 Å². The van der Waals surface area contributed by atoms with Gasteiger partial charge in [-0.25, -0.2) is 17.2 Å². The number of benzene rings is 2. The summed E-state index contributed by atoms with van der Waals surface area (Å²) in [5, 5.41) is 2.75. The summed E-state index contributed by atoms with van der Waals surface area (Å²) >= 11 is 6.00. The fourth-order valence-electron chi connectivity index (χ4n) is 2.65. The smallest absolute Gasteiger partial charge is 0.248 e. The molecule has 1 amide bonds. The first kappa shape index (κ1) is 21.1. The summed E-state index contributed by atoms with van der Waals surface area (Å²) in [4.78, 5) is 12.7. The maximum Gasteiger partial charge on any atom is 0.248 e. The van der Waals surface area contributed by atoms with Crippen molar-refractivity contribution in [1.29, 1.82) is 0 Å². The van der Waals surface area contributed by atoms with Crippen LogP contribution in [-0.2, 0) is 14.8 Å². The van der Waals surface area contributed by atoms with Crippen LogP contribution in [0.15, 0.2) is 36.4 Å². The maximum atomic E-state index is 13.4. The van der Waals surface area contributed by atoms with E-state index in [0.717, 1.165) is 22.7 Å². The molecule has 1 N–H and O–H groups in total. The standard InChI is InChI=1S/C18H19ClF2N2O3S/c1-4-16(18(24)22-13-7-8-14(20)15(21)10-13)23(27(3,25)26)17-9-12(19)6-5-11(17)2/h5-10,16H,4H2,1-3H3,(H,22,24)/t16-/m0/s1. The van der Waals surface area contributed by atoms with Crippen LogP contribution < -0.4 is 9.62 Å². The summed E-state index contributed by atoms with van der Waals surface area (Å²) in [6.45, 7) is 3.34. The highest BCUT2D eigenvalue weighted by atomic mass is 35.5. The molecule has 9 heteroatoms. The molecule has 27 heavy (non-hydrogen) atoms. The Kier molecular flexibility index (Phi) is 6.43. The van der Waals surface area contributed by atoms with Gasteiger partial charge in [-0.15, -0.1) is 0 Å². The molecule has 2 aromatic rings. The predicted octanol–water partition coefficient (Wildman–Crippen LogP) is 4.11. The largest absolute Gasteiger partial charge is 0.324 e. The topological polar surface area (TPSA) is 66.5 Å². The number of amides is 1. The van der Waals surface area contributed by atoms with E-state index < -0.39 is 33.6 Å². The molecule has 2 rings (SSSR count). The molecule has 0 unspecified atom stereocenters. The van der Waals surface area contributed by atoms with Crippen LogP contribution in [-0.4, -0.2) is 26.6 Å². The van der Waals surface area contributed by atoms with E-state index >= 15 is 0 Å². The van der Waals surface area contributed by atoms with Crippen molar-refractivity contribution in [3.05, 3.63) is 58.6 Å². The maximum absolute atomic E-state index is 13.4. The number of sulfonamides is 1. The van der Waals surface area contributed by atoms with E-state index in [1.807, 2.05) is 0 Å². The molecule has 0 aliphatic heterocycles. The third-order valence-electron chi connectivity index (χ3n) is 3.93. The summed E-state index contributed by atoms with van der Waals surface area (Å²) in [6, 6.07) is 6.52. The van der Waals surface area contributed by atoms with Gasteiger partial charge in [0.1, 0.15) is 6.04 Å². The Morgan fingerprint density at radius 1 is 1.19 bits per heavy atom. The minimum absolute atomic E-state index is 0.0219. The van der Waals surface area contributed by atoms with E-state index in [1.54, 1.807) is 26.0 Å². The van der Waals surface area contributed by atoms with E-state index in [-0.39, 0.29) is 17.8 Å². The van der Waals surface area contributed by atoms with Gasteiger partial charge in [-0.3, -0.25) is 9.10 Å². The molecule has 0 saturated heterocycles. The third kappa shape index (κ3) is 4.95. The van der Waals surface area contributed by atoms with Gasteiger partial charge in [-0.2, -0.15) is 0 Å². The van der Waals surface area contributed by atoms with Crippen molar-refractivity contribution in [2.24, 2.45) is 0 Å². The Morgan fingerprint density at radius 3 is 2.41 bits per heavy atom. The van der Waals surface area contributed by atoms with Gasteiger partial charge in [0.05, 0.1) is 11.9 Å². The Bertz CT molecular complexity index is 967. The zero-order valence-electron chi connectivity index (χ0n) is 15.0. The normalized spacial score (nSPS) is 12.5. The molecule has 0 spiro atoms. The Morgan fingerprint density at radius 2 is 1.85 bits per heavy atom. The first-order valence-electron chi connectivity index (χ1n) is 8.06. The van der Waals surface area contributed by atoms with E-state index in [9.17, 15) is 22.0 Å². The van der Waals surface area contributed by atoms with Gasteiger partial charge in [0.2, 0.25) is 15.9 Å². The van der Waals surface area contributed by atoms with Crippen LogP contribution in [0.5, 0.6) is 0 Å². The first-order chi connectivity index (χ1) is 12.5. The highest BCUT2D eigenvalue weighted by molar-refractivity contribution is 7.92. The Labute approximate surface area is 162 Å². The van der Waals surface area contributed by atoms with Crippen molar-refractivity contribution in [2.75, 3.05) is 15.9 Å². The van der Waals surface area contributed by atoms with Gasteiger partial charge in [-0.1, -0.05) is 24.6 Å². The lowest BCUT2D eigenvalue weighted by atomic mass is 10.1. The van der Waals surface area contributed by atoms with Crippen molar-refractivity contribution in [2.45, 2.75) is 26.3 Å². The second-order valence-corrected chi connectivity index (χ2v) is 8.33. The number of halogens is 3. The van der Waals surface area contributed by atoms with Crippen molar-refractivity contribution >= 4 is 38.9 Å². The monoisotopic (exact) mass is 416 g/mol.